The number of benzene rings is 1. The van der Waals surface area contributed by atoms with E-state index in [2.05, 4.69) is 9.97 Å². The van der Waals surface area contributed by atoms with E-state index in [1.165, 1.54) is 12.1 Å². The van der Waals surface area contributed by atoms with Gasteiger partial charge in [0.2, 0.25) is 0 Å². The molecule has 1 aromatic heterocycles. The van der Waals surface area contributed by atoms with Gasteiger partial charge in [0.05, 0.1) is 17.3 Å². The normalized spacial score (nSPS) is 30.0. The summed E-state index contributed by atoms with van der Waals surface area (Å²) in [7, 11) is 0. The minimum atomic E-state index is -0.849. The first-order valence-corrected chi connectivity index (χ1v) is 8.37. The average Bonchev–Trinajstić information content (AvgIpc) is 3.17. The molecule has 0 amide bonds. The molecule has 4 rings (SSSR count). The summed E-state index contributed by atoms with van der Waals surface area (Å²) >= 11 is 0. The van der Waals surface area contributed by atoms with Gasteiger partial charge in [-0.25, -0.2) is 14.4 Å². The summed E-state index contributed by atoms with van der Waals surface area (Å²) in [5.74, 6) is -0.298. The molecule has 0 saturated heterocycles. The van der Waals surface area contributed by atoms with Crippen LogP contribution in [0.2, 0.25) is 0 Å². The van der Waals surface area contributed by atoms with Gasteiger partial charge in [-0.2, -0.15) is 0 Å². The molecular formula is C19H19FN2O3. The predicted octanol–water partition coefficient (Wildman–Crippen LogP) is 3.26. The summed E-state index contributed by atoms with van der Waals surface area (Å²) in [6, 6.07) is 6.19. The van der Waals surface area contributed by atoms with E-state index < -0.39 is 11.4 Å². The van der Waals surface area contributed by atoms with E-state index in [4.69, 9.17) is 4.74 Å². The summed E-state index contributed by atoms with van der Waals surface area (Å²) in [5.41, 5.74) is 0.547. The standard InChI is InChI=1S/C19H19FN2O3/c1-10-16(9-21-11(2)22-10)25-15-7-13-8-19(13,18(23)24)17(15)12-4-3-5-14(20)6-12/h3-6,9,13,15,17H,7-8H2,1-2H3,(H,23,24)/t13-,15?,17?,19-/m0/s1. The molecule has 1 aromatic carbocycles. The summed E-state index contributed by atoms with van der Waals surface area (Å²) in [5, 5.41) is 9.82. The summed E-state index contributed by atoms with van der Waals surface area (Å²) in [4.78, 5) is 20.4. The fourth-order valence-corrected chi connectivity index (χ4v) is 4.35. The molecule has 2 aliphatic carbocycles. The first-order chi connectivity index (χ1) is 11.9. The van der Waals surface area contributed by atoms with E-state index in [9.17, 15) is 14.3 Å². The number of aliphatic carboxylic acids is 1. The largest absolute Gasteiger partial charge is 0.486 e. The average molecular weight is 342 g/mol. The quantitative estimate of drug-likeness (QED) is 0.923. The number of carboxylic acids is 1. The molecular weight excluding hydrogens is 323 g/mol. The summed E-state index contributed by atoms with van der Waals surface area (Å²) in [6.07, 6.45) is 2.55. The maximum Gasteiger partial charge on any atom is 0.310 e. The fourth-order valence-electron chi connectivity index (χ4n) is 4.35. The van der Waals surface area contributed by atoms with Crippen LogP contribution in [-0.4, -0.2) is 27.1 Å². The van der Waals surface area contributed by atoms with Crippen LogP contribution in [0.25, 0.3) is 0 Å². The third kappa shape index (κ3) is 2.47. The number of fused-ring (bicyclic) bond motifs is 1. The number of aryl methyl sites for hydroxylation is 2. The number of aromatic nitrogens is 2. The van der Waals surface area contributed by atoms with Crippen LogP contribution in [0.5, 0.6) is 5.75 Å². The molecule has 0 aliphatic heterocycles. The van der Waals surface area contributed by atoms with Crippen molar-refractivity contribution in [3.63, 3.8) is 0 Å². The van der Waals surface area contributed by atoms with Gasteiger partial charge in [-0.15, -0.1) is 0 Å². The highest BCUT2D eigenvalue weighted by Crippen LogP contribution is 2.70. The molecule has 0 spiro atoms. The Balaban J connectivity index is 1.71. The highest BCUT2D eigenvalue weighted by atomic mass is 19.1. The third-order valence-corrected chi connectivity index (χ3v) is 5.54. The number of hydrogen-bond acceptors (Lipinski definition) is 4. The molecule has 0 radical (unpaired) electrons. The fraction of sp³-hybridized carbons (Fsp3) is 0.421. The second-order valence-electron chi connectivity index (χ2n) is 7.04. The lowest BCUT2D eigenvalue weighted by Gasteiger charge is -2.28. The topological polar surface area (TPSA) is 72.3 Å². The van der Waals surface area contributed by atoms with Crippen LogP contribution in [0.4, 0.5) is 4.39 Å². The van der Waals surface area contributed by atoms with E-state index in [1.54, 1.807) is 25.3 Å². The highest BCUT2D eigenvalue weighted by Gasteiger charge is 2.72. The second kappa shape index (κ2) is 5.51. The molecule has 25 heavy (non-hydrogen) atoms. The Morgan fingerprint density at radius 1 is 1.40 bits per heavy atom. The van der Waals surface area contributed by atoms with Gasteiger partial charge in [0, 0.05) is 5.92 Å². The molecule has 1 heterocycles. The number of rotatable bonds is 4. The van der Waals surface area contributed by atoms with Gasteiger partial charge in [0.1, 0.15) is 17.7 Å². The Morgan fingerprint density at radius 3 is 2.88 bits per heavy atom. The van der Waals surface area contributed by atoms with Crippen molar-refractivity contribution >= 4 is 5.97 Å². The molecule has 4 atom stereocenters. The van der Waals surface area contributed by atoms with Crippen molar-refractivity contribution in [2.45, 2.75) is 38.7 Å². The van der Waals surface area contributed by atoms with Crippen molar-refractivity contribution in [2.75, 3.05) is 0 Å². The molecule has 0 bridgehead atoms. The molecule has 2 aliphatic rings. The minimum absolute atomic E-state index is 0.0648. The van der Waals surface area contributed by atoms with Gasteiger partial charge in [0.25, 0.3) is 0 Å². The number of ether oxygens (including phenoxy) is 1. The smallest absolute Gasteiger partial charge is 0.310 e. The van der Waals surface area contributed by atoms with Gasteiger partial charge < -0.3 is 9.84 Å². The van der Waals surface area contributed by atoms with Gasteiger partial charge in [-0.05, 0) is 50.3 Å². The van der Waals surface area contributed by atoms with E-state index in [1.807, 2.05) is 6.92 Å². The molecule has 2 aromatic rings. The van der Waals surface area contributed by atoms with Crippen LogP contribution in [-0.2, 0) is 4.79 Å². The van der Waals surface area contributed by atoms with Crippen LogP contribution in [0.3, 0.4) is 0 Å². The monoisotopic (exact) mass is 342 g/mol. The number of nitrogens with zero attached hydrogens (tertiary/aromatic N) is 2. The Kier molecular flexibility index (Phi) is 3.52. The number of halogens is 1. The zero-order chi connectivity index (χ0) is 17.8. The Morgan fingerprint density at radius 2 is 2.20 bits per heavy atom. The molecule has 2 fully saturated rings. The Bertz CT molecular complexity index is 856. The maximum absolute atomic E-state index is 13.7. The van der Waals surface area contributed by atoms with Crippen molar-refractivity contribution in [1.29, 1.82) is 0 Å². The third-order valence-electron chi connectivity index (χ3n) is 5.54. The van der Waals surface area contributed by atoms with E-state index in [0.29, 0.717) is 30.0 Å². The van der Waals surface area contributed by atoms with Crippen molar-refractivity contribution in [2.24, 2.45) is 11.3 Å². The first kappa shape index (κ1) is 16.0. The van der Waals surface area contributed by atoms with Crippen LogP contribution < -0.4 is 4.74 Å². The van der Waals surface area contributed by atoms with Gasteiger partial charge in [0.15, 0.2) is 5.75 Å². The lowest BCUT2D eigenvalue weighted by molar-refractivity contribution is -0.144. The summed E-state index contributed by atoms with van der Waals surface area (Å²) < 4.78 is 19.9. The van der Waals surface area contributed by atoms with Gasteiger partial charge in [-0.1, -0.05) is 12.1 Å². The zero-order valence-corrected chi connectivity index (χ0v) is 14.1. The van der Waals surface area contributed by atoms with Crippen molar-refractivity contribution in [1.82, 2.24) is 9.97 Å². The Labute approximate surface area is 144 Å². The zero-order valence-electron chi connectivity index (χ0n) is 14.1. The molecule has 1 N–H and O–H groups in total. The molecule has 130 valence electrons. The first-order valence-electron chi connectivity index (χ1n) is 8.37. The van der Waals surface area contributed by atoms with Crippen LogP contribution in [0, 0.1) is 31.0 Å². The number of carboxylic acid groups (broad SMARTS) is 1. The molecule has 2 unspecified atom stereocenters. The van der Waals surface area contributed by atoms with Crippen molar-refractivity contribution in [3.05, 3.63) is 53.4 Å². The van der Waals surface area contributed by atoms with Crippen LogP contribution in [0.1, 0.15) is 35.8 Å². The number of carbonyl (C=O) groups is 1. The molecule has 6 heteroatoms. The minimum Gasteiger partial charge on any atom is -0.486 e. The van der Waals surface area contributed by atoms with Gasteiger partial charge in [-0.3, -0.25) is 4.79 Å². The molecule has 2 saturated carbocycles. The van der Waals surface area contributed by atoms with Crippen molar-refractivity contribution < 1.29 is 19.0 Å². The lowest BCUT2D eigenvalue weighted by atomic mass is 9.82. The lowest BCUT2D eigenvalue weighted by Crippen LogP contribution is -2.32. The highest BCUT2D eigenvalue weighted by molar-refractivity contribution is 5.81. The van der Waals surface area contributed by atoms with Gasteiger partial charge >= 0.3 is 5.97 Å². The number of hydrogen-bond donors (Lipinski definition) is 1. The van der Waals surface area contributed by atoms with E-state index in [-0.39, 0.29) is 23.8 Å². The Hall–Kier alpha value is -2.50. The van der Waals surface area contributed by atoms with Crippen molar-refractivity contribution in [3.8, 4) is 5.75 Å². The SMILES string of the molecule is Cc1ncc(OC2C[C@H]3C[C@@]3(C(=O)O)C2c2cccc(F)c2)c(C)n1. The van der Waals surface area contributed by atoms with E-state index >= 15 is 0 Å². The second-order valence-corrected chi connectivity index (χ2v) is 7.04. The molecule has 5 nitrogen and oxygen atoms in total. The predicted molar refractivity (Wildman–Crippen MR) is 87.9 cm³/mol. The van der Waals surface area contributed by atoms with E-state index in [0.717, 1.165) is 5.69 Å². The summed E-state index contributed by atoms with van der Waals surface area (Å²) in [6.45, 7) is 3.64. The van der Waals surface area contributed by atoms with Crippen LogP contribution >= 0.6 is 0 Å². The van der Waals surface area contributed by atoms with Crippen LogP contribution in [0.15, 0.2) is 30.5 Å². The maximum atomic E-state index is 13.7.